The molecule has 1 amide bonds. The number of carbonyl (C=O) groups excluding carboxylic acids is 1. The van der Waals surface area contributed by atoms with Crippen molar-refractivity contribution in [2.24, 2.45) is 0 Å². The summed E-state index contributed by atoms with van der Waals surface area (Å²) < 4.78 is 19.8. The molecule has 2 aliphatic rings. The molecule has 0 radical (unpaired) electrons. The average molecular weight is 366 g/mol. The van der Waals surface area contributed by atoms with Crippen molar-refractivity contribution in [3.05, 3.63) is 29.1 Å². The molecule has 0 unspecified atom stereocenters. The quantitative estimate of drug-likeness (QED) is 0.742. The van der Waals surface area contributed by atoms with E-state index in [1.54, 1.807) is 6.07 Å². The first-order valence-electron chi connectivity index (χ1n) is 7.37. The van der Waals surface area contributed by atoms with Crippen molar-refractivity contribution in [1.82, 2.24) is 10.6 Å². The number of fused-ring (bicyclic) bond motifs is 1. The van der Waals surface area contributed by atoms with Gasteiger partial charge in [0.25, 0.3) is 0 Å². The van der Waals surface area contributed by atoms with Crippen LogP contribution in [0.4, 0.5) is 10.1 Å². The summed E-state index contributed by atoms with van der Waals surface area (Å²) >= 11 is 0. The fraction of sp³-hybridized carbons (Fsp3) is 0.533. The summed E-state index contributed by atoms with van der Waals surface area (Å²) in [5, 5.41) is 8.94. The van der Waals surface area contributed by atoms with E-state index in [1.807, 2.05) is 6.07 Å². The Kier molecular flexibility index (Phi) is 8.22. The van der Waals surface area contributed by atoms with Gasteiger partial charge in [-0.05, 0) is 30.2 Å². The second-order valence-corrected chi connectivity index (χ2v) is 5.44. The highest BCUT2D eigenvalue weighted by atomic mass is 35.5. The Labute approximate surface area is 147 Å². The zero-order chi connectivity index (χ0) is 14.7. The van der Waals surface area contributed by atoms with Crippen LogP contribution in [0.3, 0.4) is 0 Å². The maximum atomic E-state index is 14.3. The van der Waals surface area contributed by atoms with Gasteiger partial charge in [0.15, 0.2) is 0 Å². The van der Waals surface area contributed by atoms with Gasteiger partial charge in [-0.15, -0.1) is 24.8 Å². The minimum Gasteiger partial charge on any atom is -0.375 e. The van der Waals surface area contributed by atoms with Gasteiger partial charge in [0.1, 0.15) is 5.82 Å². The first-order valence-corrected chi connectivity index (χ1v) is 7.37. The van der Waals surface area contributed by atoms with E-state index in [-0.39, 0.29) is 54.8 Å². The van der Waals surface area contributed by atoms with E-state index in [0.717, 1.165) is 25.2 Å². The third-order valence-electron chi connectivity index (χ3n) is 3.91. The smallest absolute Gasteiger partial charge is 0.226 e. The Morgan fingerprint density at radius 1 is 1.30 bits per heavy atom. The second kappa shape index (κ2) is 9.39. The largest absolute Gasteiger partial charge is 0.375 e. The molecule has 0 aromatic heterocycles. The molecule has 1 aromatic rings. The van der Waals surface area contributed by atoms with E-state index in [0.29, 0.717) is 25.1 Å². The lowest BCUT2D eigenvalue weighted by atomic mass is 9.99. The number of anilines is 1. The molecule has 0 atom stereocenters. The average Bonchev–Trinajstić information content (AvgIpc) is 2.45. The molecule has 2 aliphatic heterocycles. The van der Waals surface area contributed by atoms with E-state index in [9.17, 15) is 9.18 Å². The fourth-order valence-electron chi connectivity index (χ4n) is 2.54. The summed E-state index contributed by atoms with van der Waals surface area (Å²) in [5.41, 5.74) is 1.95. The van der Waals surface area contributed by atoms with Crippen molar-refractivity contribution < 1.29 is 13.9 Å². The van der Waals surface area contributed by atoms with Gasteiger partial charge in [0.05, 0.1) is 24.8 Å². The first-order chi connectivity index (χ1) is 10.2. The van der Waals surface area contributed by atoms with Crippen molar-refractivity contribution in [3.8, 4) is 0 Å². The van der Waals surface area contributed by atoms with Gasteiger partial charge < -0.3 is 20.7 Å². The topological polar surface area (TPSA) is 62.4 Å². The van der Waals surface area contributed by atoms with Crippen molar-refractivity contribution >= 4 is 36.4 Å². The van der Waals surface area contributed by atoms with Crippen LogP contribution in [0.25, 0.3) is 0 Å². The van der Waals surface area contributed by atoms with Crippen LogP contribution in [0.5, 0.6) is 0 Å². The number of rotatable bonds is 5. The highest BCUT2D eigenvalue weighted by Crippen LogP contribution is 2.24. The lowest BCUT2D eigenvalue weighted by Gasteiger charge is -2.26. The minimum atomic E-state index is -0.300. The van der Waals surface area contributed by atoms with Gasteiger partial charge in [-0.2, -0.15) is 0 Å². The van der Waals surface area contributed by atoms with E-state index >= 15 is 0 Å². The van der Waals surface area contributed by atoms with Crippen LogP contribution in [0.15, 0.2) is 12.1 Å². The lowest BCUT2D eigenvalue weighted by molar-refractivity contribution is -0.118. The first kappa shape index (κ1) is 20.1. The number of benzene rings is 1. The molecule has 0 saturated carbocycles. The Morgan fingerprint density at radius 2 is 2.09 bits per heavy atom. The van der Waals surface area contributed by atoms with E-state index < -0.39 is 0 Å². The number of hydrogen-bond acceptors (Lipinski definition) is 4. The SMILES string of the molecule is Cl.Cl.O=C(CCOC1CNC1)Nc1ccc2c(c1F)CCNC2. The molecule has 5 nitrogen and oxygen atoms in total. The lowest BCUT2D eigenvalue weighted by Crippen LogP contribution is -2.48. The molecule has 2 heterocycles. The van der Waals surface area contributed by atoms with Gasteiger partial charge in [-0.1, -0.05) is 6.07 Å². The van der Waals surface area contributed by atoms with Gasteiger partial charge >= 0.3 is 0 Å². The monoisotopic (exact) mass is 365 g/mol. The van der Waals surface area contributed by atoms with Crippen molar-refractivity contribution in [2.75, 3.05) is 31.6 Å². The number of amides is 1. The molecule has 1 saturated heterocycles. The van der Waals surface area contributed by atoms with E-state index in [4.69, 9.17) is 4.74 Å². The third-order valence-corrected chi connectivity index (χ3v) is 3.91. The Bertz CT molecular complexity index is 542. The third kappa shape index (κ3) is 5.02. The van der Waals surface area contributed by atoms with Crippen LogP contribution in [-0.4, -0.2) is 38.3 Å². The van der Waals surface area contributed by atoms with Gasteiger partial charge in [-0.3, -0.25) is 4.79 Å². The number of carbonyl (C=O) groups is 1. The normalized spacial score (nSPS) is 16.4. The van der Waals surface area contributed by atoms with E-state index in [1.165, 1.54) is 0 Å². The summed E-state index contributed by atoms with van der Waals surface area (Å²) in [7, 11) is 0. The zero-order valence-electron chi connectivity index (χ0n) is 12.7. The summed E-state index contributed by atoms with van der Waals surface area (Å²) in [6.07, 6.45) is 1.11. The van der Waals surface area contributed by atoms with Crippen LogP contribution >= 0.6 is 24.8 Å². The van der Waals surface area contributed by atoms with Crippen LogP contribution in [0.1, 0.15) is 17.5 Å². The predicted molar refractivity (Wildman–Crippen MR) is 92.2 cm³/mol. The molecule has 1 fully saturated rings. The maximum Gasteiger partial charge on any atom is 0.226 e. The molecule has 0 spiro atoms. The summed E-state index contributed by atoms with van der Waals surface area (Å²) in [4.78, 5) is 11.8. The molecular weight excluding hydrogens is 344 g/mol. The van der Waals surface area contributed by atoms with Crippen LogP contribution in [-0.2, 0) is 22.5 Å². The molecule has 8 heteroatoms. The van der Waals surface area contributed by atoms with Crippen molar-refractivity contribution in [1.29, 1.82) is 0 Å². The maximum absolute atomic E-state index is 14.3. The number of ether oxygens (including phenoxy) is 1. The van der Waals surface area contributed by atoms with Crippen molar-refractivity contribution in [2.45, 2.75) is 25.5 Å². The highest BCUT2D eigenvalue weighted by Gasteiger charge is 2.19. The second-order valence-electron chi connectivity index (χ2n) is 5.44. The molecule has 0 aliphatic carbocycles. The molecule has 130 valence electrons. The van der Waals surface area contributed by atoms with Crippen LogP contribution < -0.4 is 16.0 Å². The number of hydrogen-bond donors (Lipinski definition) is 3. The standard InChI is InChI=1S/C15H20FN3O2.2ClH/c16-15-12-3-5-17-7-10(12)1-2-13(15)19-14(20)4-6-21-11-8-18-9-11;;/h1-2,11,17-18H,3-9H2,(H,19,20);2*1H. The molecule has 1 aromatic carbocycles. The number of nitrogens with one attached hydrogen (secondary N) is 3. The van der Waals surface area contributed by atoms with Crippen LogP contribution in [0, 0.1) is 5.82 Å². The Hall–Kier alpha value is -0.920. The zero-order valence-corrected chi connectivity index (χ0v) is 14.3. The molecule has 3 N–H and O–H groups in total. The Balaban J connectivity index is 0.00000132. The summed E-state index contributed by atoms with van der Waals surface area (Å²) in [6.45, 7) is 3.51. The molecule has 23 heavy (non-hydrogen) atoms. The van der Waals surface area contributed by atoms with Crippen molar-refractivity contribution in [3.63, 3.8) is 0 Å². The number of halogens is 3. The highest BCUT2D eigenvalue weighted by molar-refractivity contribution is 5.91. The molecule has 0 bridgehead atoms. The predicted octanol–water partition coefficient (Wildman–Crippen LogP) is 1.63. The summed E-state index contributed by atoms with van der Waals surface area (Å²) in [5.74, 6) is -0.512. The fourth-order valence-corrected chi connectivity index (χ4v) is 2.54. The molecule has 3 rings (SSSR count). The van der Waals surface area contributed by atoms with Crippen LogP contribution in [0.2, 0.25) is 0 Å². The minimum absolute atomic E-state index is 0. The van der Waals surface area contributed by atoms with Gasteiger partial charge in [0.2, 0.25) is 5.91 Å². The molecular formula is C15H22Cl2FN3O2. The summed E-state index contributed by atoms with van der Waals surface area (Å²) in [6, 6.07) is 3.51. The van der Waals surface area contributed by atoms with E-state index in [2.05, 4.69) is 16.0 Å². The Morgan fingerprint density at radius 3 is 2.78 bits per heavy atom. The van der Waals surface area contributed by atoms with Gasteiger partial charge in [-0.25, -0.2) is 4.39 Å². The van der Waals surface area contributed by atoms with Gasteiger partial charge in [0, 0.05) is 19.6 Å².